The predicted octanol–water partition coefficient (Wildman–Crippen LogP) is 2.86. The summed E-state index contributed by atoms with van der Waals surface area (Å²) in [5.74, 6) is -0.411. The first-order valence-electron chi connectivity index (χ1n) is 7.43. The molecule has 26 heavy (non-hydrogen) atoms. The average molecular weight is 393 g/mol. The van der Waals surface area contributed by atoms with Crippen LogP contribution in [0.25, 0.3) is 11.4 Å². The highest BCUT2D eigenvalue weighted by atomic mass is 35.5. The van der Waals surface area contributed by atoms with Crippen LogP contribution >= 0.6 is 22.9 Å². The molecule has 3 aromatic rings. The van der Waals surface area contributed by atoms with Crippen molar-refractivity contribution in [1.29, 1.82) is 0 Å². The average Bonchev–Trinajstić information content (AvgIpc) is 3.30. The second kappa shape index (κ2) is 8.45. The van der Waals surface area contributed by atoms with Gasteiger partial charge in [0, 0.05) is 10.4 Å². The Morgan fingerprint density at radius 2 is 2.08 bits per heavy atom. The number of hydrogen-bond acceptors (Lipinski definition) is 7. The summed E-state index contributed by atoms with van der Waals surface area (Å²) in [7, 11) is 0. The monoisotopic (exact) mass is 392 g/mol. The van der Waals surface area contributed by atoms with Crippen molar-refractivity contribution >= 4 is 34.9 Å². The van der Waals surface area contributed by atoms with Gasteiger partial charge < -0.3 is 10.1 Å². The molecule has 134 valence electrons. The van der Waals surface area contributed by atoms with Crippen molar-refractivity contribution in [3.63, 3.8) is 0 Å². The molecule has 0 atom stereocenters. The fourth-order valence-electron chi connectivity index (χ4n) is 1.93. The topological polar surface area (TPSA) is 106 Å². The number of thiophene rings is 1. The molecule has 3 amide bonds. The zero-order valence-electron chi connectivity index (χ0n) is 13.3. The Hall–Kier alpha value is -2.91. The van der Waals surface area contributed by atoms with Crippen molar-refractivity contribution in [3.8, 4) is 17.5 Å². The predicted molar refractivity (Wildman–Crippen MR) is 94.9 cm³/mol. The number of imide groups is 1. The van der Waals surface area contributed by atoms with E-state index in [0.717, 1.165) is 4.88 Å². The SMILES string of the molecule is O=C(COc1nc(-c2ccccc2Cl)no1)NC(=O)NCc1cccs1. The minimum atomic E-state index is -0.647. The molecule has 0 spiro atoms. The van der Waals surface area contributed by atoms with Crippen LogP contribution in [0.15, 0.2) is 46.3 Å². The lowest BCUT2D eigenvalue weighted by Gasteiger charge is -2.05. The summed E-state index contributed by atoms with van der Waals surface area (Å²) in [5, 5.41) is 10.8. The quantitative estimate of drug-likeness (QED) is 0.668. The Bertz CT molecular complexity index is 897. The number of halogens is 1. The number of amides is 3. The second-order valence-corrected chi connectivity index (χ2v) is 6.40. The number of hydrogen-bond donors (Lipinski definition) is 2. The van der Waals surface area contributed by atoms with E-state index in [9.17, 15) is 9.59 Å². The maximum Gasteiger partial charge on any atom is 0.418 e. The summed E-state index contributed by atoms with van der Waals surface area (Å²) in [6.45, 7) is -0.112. The summed E-state index contributed by atoms with van der Waals surface area (Å²) in [6, 6.07) is 10.1. The van der Waals surface area contributed by atoms with Crippen LogP contribution in [0.1, 0.15) is 4.88 Å². The smallest absolute Gasteiger partial charge is 0.418 e. The third kappa shape index (κ3) is 4.80. The summed E-state index contributed by atoms with van der Waals surface area (Å²) in [5.41, 5.74) is 0.574. The van der Waals surface area contributed by atoms with Crippen LogP contribution in [0.4, 0.5) is 4.79 Å². The van der Waals surface area contributed by atoms with Gasteiger partial charge in [-0.1, -0.05) is 35.0 Å². The van der Waals surface area contributed by atoms with Gasteiger partial charge in [-0.15, -0.1) is 11.3 Å². The molecule has 0 aliphatic carbocycles. The zero-order chi connectivity index (χ0) is 18.4. The van der Waals surface area contributed by atoms with Gasteiger partial charge in [0.05, 0.1) is 11.6 Å². The first-order valence-corrected chi connectivity index (χ1v) is 8.69. The summed E-state index contributed by atoms with van der Waals surface area (Å²) in [4.78, 5) is 28.3. The van der Waals surface area contributed by atoms with Crippen molar-refractivity contribution in [1.82, 2.24) is 20.8 Å². The van der Waals surface area contributed by atoms with Crippen molar-refractivity contribution < 1.29 is 18.8 Å². The first-order chi connectivity index (χ1) is 12.6. The number of nitrogens with zero attached hydrogens (tertiary/aromatic N) is 2. The van der Waals surface area contributed by atoms with Gasteiger partial charge in [-0.2, -0.15) is 4.98 Å². The van der Waals surface area contributed by atoms with Gasteiger partial charge in [0.15, 0.2) is 6.61 Å². The molecule has 0 saturated heterocycles. The Labute approximate surface area is 157 Å². The van der Waals surface area contributed by atoms with E-state index >= 15 is 0 Å². The van der Waals surface area contributed by atoms with E-state index in [0.29, 0.717) is 17.1 Å². The number of rotatable bonds is 6. The molecule has 0 unspecified atom stereocenters. The van der Waals surface area contributed by atoms with E-state index in [1.165, 1.54) is 11.3 Å². The van der Waals surface area contributed by atoms with Crippen LogP contribution in [-0.4, -0.2) is 28.7 Å². The summed E-state index contributed by atoms with van der Waals surface area (Å²) in [6.07, 6.45) is -0.200. The molecule has 0 saturated carbocycles. The molecule has 0 radical (unpaired) electrons. The maximum absolute atomic E-state index is 11.7. The molecular weight excluding hydrogens is 380 g/mol. The van der Waals surface area contributed by atoms with Crippen LogP contribution < -0.4 is 15.4 Å². The summed E-state index contributed by atoms with van der Waals surface area (Å²) >= 11 is 7.55. The number of carbonyl (C=O) groups excluding carboxylic acids is 2. The molecule has 2 heterocycles. The molecule has 3 rings (SSSR count). The van der Waals surface area contributed by atoms with Gasteiger partial charge in [0.2, 0.25) is 5.82 Å². The largest absolute Gasteiger partial charge is 0.439 e. The lowest BCUT2D eigenvalue weighted by atomic mass is 10.2. The zero-order valence-corrected chi connectivity index (χ0v) is 14.8. The first kappa shape index (κ1) is 17.9. The van der Waals surface area contributed by atoms with Crippen LogP contribution in [0, 0.1) is 0 Å². The third-order valence-corrected chi connectivity index (χ3v) is 4.31. The molecule has 2 N–H and O–H groups in total. The lowest BCUT2D eigenvalue weighted by Crippen LogP contribution is -2.41. The molecule has 0 aliphatic heterocycles. The number of carbonyl (C=O) groups is 2. The van der Waals surface area contributed by atoms with Crippen molar-refractivity contribution in [2.75, 3.05) is 6.61 Å². The highest BCUT2D eigenvalue weighted by molar-refractivity contribution is 7.09. The second-order valence-electron chi connectivity index (χ2n) is 4.96. The molecule has 10 heteroatoms. The van der Waals surface area contributed by atoms with Gasteiger partial charge in [0.25, 0.3) is 5.91 Å². The van der Waals surface area contributed by atoms with E-state index in [4.69, 9.17) is 20.9 Å². The highest BCUT2D eigenvalue weighted by Crippen LogP contribution is 2.26. The van der Waals surface area contributed by atoms with E-state index in [1.807, 2.05) is 17.5 Å². The van der Waals surface area contributed by atoms with Gasteiger partial charge in [-0.25, -0.2) is 4.79 Å². The molecule has 8 nitrogen and oxygen atoms in total. The molecule has 0 aliphatic rings. The Morgan fingerprint density at radius 3 is 2.85 bits per heavy atom. The van der Waals surface area contributed by atoms with Crippen LogP contribution in [0.2, 0.25) is 5.02 Å². The number of ether oxygens (including phenoxy) is 1. The van der Waals surface area contributed by atoms with Crippen molar-refractivity contribution in [2.45, 2.75) is 6.54 Å². The molecule has 0 bridgehead atoms. The van der Waals surface area contributed by atoms with Gasteiger partial charge in [0.1, 0.15) is 0 Å². The molecular formula is C16H13ClN4O4S. The summed E-state index contributed by atoms with van der Waals surface area (Å²) < 4.78 is 9.99. The standard InChI is InChI=1S/C16H13ClN4O4S/c17-12-6-2-1-5-11(12)14-20-16(25-21-14)24-9-13(22)19-15(23)18-8-10-4-3-7-26-10/h1-7H,8-9H2,(H2,18,19,22,23). The molecule has 2 aromatic heterocycles. The maximum atomic E-state index is 11.7. The number of urea groups is 1. The normalized spacial score (nSPS) is 10.3. The highest BCUT2D eigenvalue weighted by Gasteiger charge is 2.14. The Morgan fingerprint density at radius 1 is 1.23 bits per heavy atom. The van der Waals surface area contributed by atoms with E-state index < -0.39 is 18.5 Å². The fraction of sp³-hybridized carbons (Fsp3) is 0.125. The lowest BCUT2D eigenvalue weighted by molar-refractivity contribution is -0.122. The van der Waals surface area contributed by atoms with Crippen LogP contribution in [0.5, 0.6) is 6.08 Å². The number of nitrogens with one attached hydrogen (secondary N) is 2. The fourth-order valence-corrected chi connectivity index (χ4v) is 2.80. The van der Waals surface area contributed by atoms with Crippen LogP contribution in [0.3, 0.4) is 0 Å². The molecule has 0 fully saturated rings. The number of benzene rings is 1. The molecule has 1 aromatic carbocycles. The Balaban J connectivity index is 1.46. The third-order valence-electron chi connectivity index (χ3n) is 3.11. The van der Waals surface area contributed by atoms with Crippen molar-refractivity contribution in [2.24, 2.45) is 0 Å². The Kier molecular flexibility index (Phi) is 5.82. The van der Waals surface area contributed by atoms with Crippen molar-refractivity contribution in [3.05, 3.63) is 51.7 Å². The van der Waals surface area contributed by atoms with E-state index in [2.05, 4.69) is 20.8 Å². The van der Waals surface area contributed by atoms with Gasteiger partial charge in [-0.3, -0.25) is 14.6 Å². The van der Waals surface area contributed by atoms with Gasteiger partial charge >= 0.3 is 12.1 Å². The van der Waals surface area contributed by atoms with Crippen LogP contribution in [-0.2, 0) is 11.3 Å². The van der Waals surface area contributed by atoms with E-state index in [1.54, 1.807) is 24.3 Å². The van der Waals surface area contributed by atoms with Gasteiger partial charge in [-0.05, 0) is 23.6 Å². The minimum absolute atomic E-state index is 0.200. The van der Waals surface area contributed by atoms with E-state index in [-0.39, 0.29) is 11.9 Å². The number of aromatic nitrogens is 2. The minimum Gasteiger partial charge on any atom is -0.439 e.